The first-order valence-electron chi connectivity index (χ1n) is 6.48. The zero-order valence-electron chi connectivity index (χ0n) is 11.0. The average Bonchev–Trinajstić information content (AvgIpc) is 2.71. The van der Waals surface area contributed by atoms with E-state index < -0.39 is 0 Å². The SMILES string of the molecule is CN1CCN(c2ccc3c(c2)CCN3C)C(=O)C1. The van der Waals surface area contributed by atoms with Gasteiger partial charge in [0.05, 0.1) is 6.54 Å². The molecule has 0 bridgehead atoms. The van der Waals surface area contributed by atoms with Crippen LogP contribution < -0.4 is 9.80 Å². The Morgan fingerprint density at radius 2 is 1.94 bits per heavy atom. The molecule has 1 fully saturated rings. The first-order chi connectivity index (χ1) is 8.65. The number of amides is 1. The summed E-state index contributed by atoms with van der Waals surface area (Å²) in [4.78, 5) is 18.3. The van der Waals surface area contributed by atoms with Crippen LogP contribution in [0.15, 0.2) is 18.2 Å². The van der Waals surface area contributed by atoms with E-state index in [9.17, 15) is 4.79 Å². The lowest BCUT2D eigenvalue weighted by atomic mass is 10.1. The molecule has 0 radical (unpaired) electrons. The number of fused-ring (bicyclic) bond motifs is 1. The van der Waals surface area contributed by atoms with Crippen molar-refractivity contribution in [3.8, 4) is 0 Å². The minimum absolute atomic E-state index is 0.204. The van der Waals surface area contributed by atoms with Crippen molar-refractivity contribution in [1.82, 2.24) is 4.90 Å². The second-order valence-electron chi connectivity index (χ2n) is 5.27. The first kappa shape index (κ1) is 11.5. The van der Waals surface area contributed by atoms with Gasteiger partial charge in [-0.15, -0.1) is 0 Å². The van der Waals surface area contributed by atoms with Gasteiger partial charge in [0, 0.05) is 38.1 Å². The van der Waals surface area contributed by atoms with Crippen LogP contribution in [0.2, 0.25) is 0 Å². The number of anilines is 2. The van der Waals surface area contributed by atoms with Crippen LogP contribution >= 0.6 is 0 Å². The van der Waals surface area contributed by atoms with E-state index in [4.69, 9.17) is 0 Å². The van der Waals surface area contributed by atoms with Crippen molar-refractivity contribution in [2.75, 3.05) is 50.1 Å². The molecule has 0 atom stereocenters. The highest BCUT2D eigenvalue weighted by atomic mass is 16.2. The number of benzene rings is 1. The third-order valence-electron chi connectivity index (χ3n) is 3.91. The van der Waals surface area contributed by atoms with Crippen molar-refractivity contribution in [2.24, 2.45) is 0 Å². The molecule has 0 N–H and O–H groups in total. The molecule has 0 unspecified atom stereocenters. The molecular weight excluding hydrogens is 226 g/mol. The van der Waals surface area contributed by atoms with E-state index in [0.717, 1.165) is 31.7 Å². The Bertz CT molecular complexity index is 486. The highest BCUT2D eigenvalue weighted by Crippen LogP contribution is 2.31. The fourth-order valence-electron chi connectivity index (χ4n) is 2.78. The Balaban J connectivity index is 1.87. The Labute approximate surface area is 108 Å². The fourth-order valence-corrected chi connectivity index (χ4v) is 2.78. The number of nitrogens with zero attached hydrogens (tertiary/aromatic N) is 3. The van der Waals surface area contributed by atoms with Crippen molar-refractivity contribution in [3.63, 3.8) is 0 Å². The molecule has 0 spiro atoms. The van der Waals surface area contributed by atoms with Gasteiger partial charge in [-0.2, -0.15) is 0 Å². The summed E-state index contributed by atoms with van der Waals surface area (Å²) in [6, 6.07) is 6.40. The molecule has 4 nitrogen and oxygen atoms in total. The largest absolute Gasteiger partial charge is 0.374 e. The van der Waals surface area contributed by atoms with Gasteiger partial charge in [0.1, 0.15) is 0 Å². The van der Waals surface area contributed by atoms with Crippen LogP contribution in [0, 0.1) is 0 Å². The lowest BCUT2D eigenvalue weighted by Gasteiger charge is -2.32. The van der Waals surface area contributed by atoms with Gasteiger partial charge in [0.2, 0.25) is 5.91 Å². The van der Waals surface area contributed by atoms with Crippen LogP contribution in [0.3, 0.4) is 0 Å². The van der Waals surface area contributed by atoms with Crippen LogP contribution in [-0.2, 0) is 11.2 Å². The quantitative estimate of drug-likeness (QED) is 0.737. The maximum Gasteiger partial charge on any atom is 0.241 e. The minimum atomic E-state index is 0.204. The number of carbonyl (C=O) groups is 1. The van der Waals surface area contributed by atoms with Gasteiger partial charge in [0.25, 0.3) is 0 Å². The maximum absolute atomic E-state index is 12.0. The second-order valence-corrected chi connectivity index (χ2v) is 5.27. The molecule has 0 saturated carbocycles. The Morgan fingerprint density at radius 1 is 1.11 bits per heavy atom. The van der Waals surface area contributed by atoms with E-state index >= 15 is 0 Å². The third kappa shape index (κ3) is 1.86. The normalized spacial score (nSPS) is 20.4. The van der Waals surface area contributed by atoms with Crippen molar-refractivity contribution in [1.29, 1.82) is 0 Å². The molecule has 1 aromatic rings. The number of rotatable bonds is 1. The van der Waals surface area contributed by atoms with Crippen LogP contribution in [-0.4, -0.2) is 51.1 Å². The molecular formula is C14H19N3O. The molecule has 1 amide bonds. The van der Waals surface area contributed by atoms with E-state index in [1.54, 1.807) is 0 Å². The van der Waals surface area contributed by atoms with Gasteiger partial charge in [-0.1, -0.05) is 0 Å². The van der Waals surface area contributed by atoms with Gasteiger partial charge in [-0.05, 0) is 37.2 Å². The van der Waals surface area contributed by atoms with Crippen molar-refractivity contribution >= 4 is 17.3 Å². The smallest absolute Gasteiger partial charge is 0.241 e. The van der Waals surface area contributed by atoms with Gasteiger partial charge in [-0.25, -0.2) is 0 Å². The summed E-state index contributed by atoms with van der Waals surface area (Å²) in [6.45, 7) is 3.35. The maximum atomic E-state index is 12.0. The van der Waals surface area contributed by atoms with Crippen LogP contribution in [0.4, 0.5) is 11.4 Å². The van der Waals surface area contributed by atoms with E-state index in [2.05, 4.69) is 35.0 Å². The van der Waals surface area contributed by atoms with Gasteiger partial charge >= 0.3 is 0 Å². The zero-order chi connectivity index (χ0) is 12.7. The lowest BCUT2D eigenvalue weighted by molar-refractivity contribution is -0.120. The fraction of sp³-hybridized carbons (Fsp3) is 0.500. The summed E-state index contributed by atoms with van der Waals surface area (Å²) >= 11 is 0. The van der Waals surface area contributed by atoms with Gasteiger partial charge in [-0.3, -0.25) is 9.69 Å². The number of hydrogen-bond donors (Lipinski definition) is 0. The highest BCUT2D eigenvalue weighted by Gasteiger charge is 2.24. The second kappa shape index (κ2) is 4.28. The molecule has 3 rings (SSSR count). The predicted molar refractivity (Wildman–Crippen MR) is 73.3 cm³/mol. The van der Waals surface area contributed by atoms with Crippen LogP contribution in [0.1, 0.15) is 5.56 Å². The van der Waals surface area contributed by atoms with Crippen molar-refractivity contribution in [3.05, 3.63) is 23.8 Å². The third-order valence-corrected chi connectivity index (χ3v) is 3.91. The molecule has 96 valence electrons. The first-order valence-corrected chi connectivity index (χ1v) is 6.48. The minimum Gasteiger partial charge on any atom is -0.374 e. The summed E-state index contributed by atoms with van der Waals surface area (Å²) in [6.07, 6.45) is 1.08. The number of likely N-dealkylation sites (N-methyl/N-ethyl adjacent to an activating group) is 2. The molecule has 1 aromatic carbocycles. The lowest BCUT2D eigenvalue weighted by Crippen LogP contribution is -2.48. The van der Waals surface area contributed by atoms with E-state index in [-0.39, 0.29) is 5.91 Å². The number of carbonyl (C=O) groups excluding carboxylic acids is 1. The van der Waals surface area contributed by atoms with E-state index in [1.807, 2.05) is 11.9 Å². The zero-order valence-corrected chi connectivity index (χ0v) is 11.0. The summed E-state index contributed by atoms with van der Waals surface area (Å²) in [5.74, 6) is 0.204. The topological polar surface area (TPSA) is 26.8 Å². The average molecular weight is 245 g/mol. The Hall–Kier alpha value is -1.55. The molecule has 0 aliphatic carbocycles. The Kier molecular flexibility index (Phi) is 2.74. The van der Waals surface area contributed by atoms with Gasteiger partial charge < -0.3 is 9.80 Å². The van der Waals surface area contributed by atoms with Gasteiger partial charge in [0.15, 0.2) is 0 Å². The van der Waals surface area contributed by atoms with Crippen LogP contribution in [0.25, 0.3) is 0 Å². The van der Waals surface area contributed by atoms with Crippen LogP contribution in [0.5, 0.6) is 0 Å². The predicted octanol–water partition coefficient (Wildman–Crippen LogP) is 0.957. The molecule has 4 heteroatoms. The molecule has 1 saturated heterocycles. The summed E-state index contributed by atoms with van der Waals surface area (Å²) in [5.41, 5.74) is 3.73. The molecule has 2 aliphatic rings. The summed E-state index contributed by atoms with van der Waals surface area (Å²) in [7, 11) is 4.11. The van der Waals surface area contributed by atoms with E-state index in [0.29, 0.717) is 6.54 Å². The van der Waals surface area contributed by atoms with E-state index in [1.165, 1.54) is 11.3 Å². The highest BCUT2D eigenvalue weighted by molar-refractivity contribution is 5.95. The molecule has 2 heterocycles. The number of hydrogen-bond acceptors (Lipinski definition) is 3. The summed E-state index contributed by atoms with van der Waals surface area (Å²) < 4.78 is 0. The van der Waals surface area contributed by atoms with Crippen molar-refractivity contribution < 1.29 is 4.79 Å². The Morgan fingerprint density at radius 3 is 2.72 bits per heavy atom. The number of piperazine rings is 1. The molecule has 18 heavy (non-hydrogen) atoms. The molecule has 0 aromatic heterocycles. The van der Waals surface area contributed by atoms with Crippen molar-refractivity contribution in [2.45, 2.75) is 6.42 Å². The standard InChI is InChI=1S/C14H19N3O/c1-15-7-8-17(14(18)10-15)12-3-4-13-11(9-12)5-6-16(13)2/h3-4,9H,5-8,10H2,1-2H3. The molecule has 2 aliphatic heterocycles. The summed E-state index contributed by atoms with van der Waals surface area (Å²) in [5, 5.41) is 0. The monoisotopic (exact) mass is 245 g/mol.